The van der Waals surface area contributed by atoms with Gasteiger partial charge in [-0.2, -0.15) is 5.10 Å². The van der Waals surface area contributed by atoms with Crippen molar-refractivity contribution in [3.8, 4) is 11.5 Å². The monoisotopic (exact) mass is 412 g/mol. The molecule has 0 saturated carbocycles. The van der Waals surface area contributed by atoms with E-state index in [0.29, 0.717) is 11.4 Å². The number of thioether (sulfide) groups is 1. The van der Waals surface area contributed by atoms with E-state index >= 15 is 0 Å². The minimum atomic E-state index is -0.607. The molecule has 2 aromatic rings. The summed E-state index contributed by atoms with van der Waals surface area (Å²) in [5, 5.41) is 13.1. The number of benzene rings is 2. The number of amides is 2. The smallest absolute Gasteiger partial charge is 0.238 e. The van der Waals surface area contributed by atoms with E-state index in [9.17, 15) is 9.59 Å². The number of nitrogens with zero attached hydrogens (tertiary/aromatic N) is 2. The van der Waals surface area contributed by atoms with E-state index in [1.165, 1.54) is 0 Å². The van der Waals surface area contributed by atoms with Crippen LogP contribution in [0.25, 0.3) is 0 Å². The van der Waals surface area contributed by atoms with Crippen LogP contribution in [0.3, 0.4) is 0 Å². The first-order chi connectivity index (χ1) is 14.1. The lowest BCUT2D eigenvalue weighted by atomic mass is 10.2. The number of nitrogens with one attached hydrogen (secondary N) is 2. The van der Waals surface area contributed by atoms with Crippen LogP contribution in [0.15, 0.2) is 58.7 Å². The Balaban J connectivity index is 1.64. The van der Waals surface area contributed by atoms with Crippen LogP contribution in [-0.4, -0.2) is 42.7 Å². The van der Waals surface area contributed by atoms with Crippen LogP contribution in [0.1, 0.15) is 12.0 Å². The summed E-state index contributed by atoms with van der Waals surface area (Å²) in [6, 6.07) is 14.3. The second-order valence-electron chi connectivity index (χ2n) is 6.00. The van der Waals surface area contributed by atoms with Crippen molar-refractivity contribution in [3.63, 3.8) is 0 Å². The summed E-state index contributed by atoms with van der Waals surface area (Å²) in [6.45, 7) is 0. The summed E-state index contributed by atoms with van der Waals surface area (Å²) in [5.74, 6) is 0.804. The Hall–Kier alpha value is -3.33. The molecule has 150 valence electrons. The molecule has 9 heteroatoms. The summed E-state index contributed by atoms with van der Waals surface area (Å²) in [6.07, 6.45) is 1.61. The second-order valence-corrected chi connectivity index (χ2v) is 7.19. The third-order valence-corrected chi connectivity index (χ3v) is 5.04. The lowest BCUT2D eigenvalue weighted by molar-refractivity contribution is -0.123. The average molecular weight is 412 g/mol. The molecule has 1 unspecified atom stereocenters. The fourth-order valence-corrected chi connectivity index (χ4v) is 3.44. The third-order valence-electron chi connectivity index (χ3n) is 3.97. The first-order valence-electron chi connectivity index (χ1n) is 8.74. The van der Waals surface area contributed by atoms with Crippen molar-refractivity contribution in [2.45, 2.75) is 11.7 Å². The molecule has 2 amide bonds. The summed E-state index contributed by atoms with van der Waals surface area (Å²) >= 11 is 1.15. The zero-order valence-corrected chi connectivity index (χ0v) is 16.7. The van der Waals surface area contributed by atoms with E-state index in [1.54, 1.807) is 44.7 Å². The predicted molar refractivity (Wildman–Crippen MR) is 114 cm³/mol. The fraction of sp³-hybridized carbons (Fsp3) is 0.200. The first kappa shape index (κ1) is 20.4. The van der Waals surface area contributed by atoms with Crippen LogP contribution in [0.5, 0.6) is 11.5 Å². The molecule has 1 atom stereocenters. The Kier molecular flexibility index (Phi) is 6.85. The molecular weight excluding hydrogens is 392 g/mol. The van der Waals surface area contributed by atoms with Crippen molar-refractivity contribution in [3.05, 3.63) is 54.1 Å². The van der Waals surface area contributed by atoms with Crippen molar-refractivity contribution in [2.24, 2.45) is 10.2 Å². The Labute approximate surface area is 172 Å². The zero-order valence-electron chi connectivity index (χ0n) is 15.9. The number of methoxy groups -OCH3 is 2. The molecule has 29 heavy (non-hydrogen) atoms. The van der Waals surface area contributed by atoms with Gasteiger partial charge in [-0.1, -0.05) is 17.8 Å². The first-order valence-corrected chi connectivity index (χ1v) is 9.62. The van der Waals surface area contributed by atoms with Gasteiger partial charge < -0.3 is 20.1 Å². The van der Waals surface area contributed by atoms with Gasteiger partial charge in [0.25, 0.3) is 0 Å². The SMILES string of the molecule is COc1ccc(/C=N/N=C2NC(=O)CC(C(=O)Nc3cccc(OC)c3)S2)cc1. The molecule has 3 rings (SSSR count). The van der Waals surface area contributed by atoms with Crippen molar-refractivity contribution in [1.82, 2.24) is 5.32 Å². The Bertz CT molecular complexity index is 944. The lowest BCUT2D eigenvalue weighted by Gasteiger charge is -2.21. The molecule has 1 aliphatic heterocycles. The number of ether oxygens (including phenoxy) is 2. The Morgan fingerprint density at radius 2 is 1.93 bits per heavy atom. The van der Waals surface area contributed by atoms with Crippen LogP contribution in [0.4, 0.5) is 5.69 Å². The van der Waals surface area contributed by atoms with Gasteiger partial charge >= 0.3 is 0 Å². The van der Waals surface area contributed by atoms with E-state index in [-0.39, 0.29) is 23.4 Å². The average Bonchev–Trinajstić information content (AvgIpc) is 2.74. The predicted octanol–water partition coefficient (Wildman–Crippen LogP) is 2.65. The number of hydrogen-bond acceptors (Lipinski definition) is 7. The standard InChI is InChI=1S/C20H20N4O4S/c1-27-15-8-6-13(7-9-15)12-21-24-20-23-18(25)11-17(29-20)19(26)22-14-4-3-5-16(10-14)28-2/h3-10,12,17H,11H2,1-2H3,(H,22,26)(H,23,24,25)/b21-12+. The van der Waals surface area contributed by atoms with Gasteiger partial charge in [-0.3, -0.25) is 9.59 Å². The maximum absolute atomic E-state index is 12.6. The number of hydrogen-bond donors (Lipinski definition) is 2. The van der Waals surface area contributed by atoms with Crippen LogP contribution in [0, 0.1) is 0 Å². The molecule has 2 N–H and O–H groups in total. The number of carbonyl (C=O) groups is 2. The van der Waals surface area contributed by atoms with Gasteiger partial charge in [-0.05, 0) is 42.0 Å². The lowest BCUT2D eigenvalue weighted by Crippen LogP contribution is -2.41. The van der Waals surface area contributed by atoms with Crippen molar-refractivity contribution < 1.29 is 19.1 Å². The van der Waals surface area contributed by atoms with Crippen LogP contribution in [-0.2, 0) is 9.59 Å². The van der Waals surface area contributed by atoms with Crippen molar-refractivity contribution in [1.29, 1.82) is 0 Å². The van der Waals surface area contributed by atoms with Crippen molar-refractivity contribution in [2.75, 3.05) is 19.5 Å². The van der Waals surface area contributed by atoms with Crippen LogP contribution >= 0.6 is 11.8 Å². The Morgan fingerprint density at radius 3 is 2.66 bits per heavy atom. The van der Waals surface area contributed by atoms with Crippen molar-refractivity contribution >= 4 is 40.6 Å². The van der Waals surface area contributed by atoms with Gasteiger partial charge in [0.05, 0.1) is 20.4 Å². The highest BCUT2D eigenvalue weighted by Gasteiger charge is 2.30. The van der Waals surface area contributed by atoms with Gasteiger partial charge in [0.2, 0.25) is 11.8 Å². The maximum atomic E-state index is 12.6. The molecule has 0 spiro atoms. The van der Waals surface area contributed by atoms with Gasteiger partial charge in [0.15, 0.2) is 5.17 Å². The van der Waals surface area contributed by atoms with Crippen LogP contribution < -0.4 is 20.1 Å². The third kappa shape index (κ3) is 5.82. The van der Waals surface area contributed by atoms with Crippen LogP contribution in [0.2, 0.25) is 0 Å². The maximum Gasteiger partial charge on any atom is 0.238 e. The van der Waals surface area contributed by atoms with Gasteiger partial charge in [0, 0.05) is 18.2 Å². The fourth-order valence-electron chi connectivity index (χ4n) is 2.50. The summed E-state index contributed by atoms with van der Waals surface area (Å²) in [7, 11) is 3.15. The molecule has 0 radical (unpaired) electrons. The molecule has 0 aliphatic carbocycles. The van der Waals surface area contributed by atoms with Gasteiger partial charge in [-0.15, -0.1) is 5.10 Å². The highest BCUT2D eigenvalue weighted by atomic mass is 32.2. The molecular formula is C20H20N4O4S. The highest BCUT2D eigenvalue weighted by molar-refractivity contribution is 8.15. The van der Waals surface area contributed by atoms with E-state index in [0.717, 1.165) is 23.1 Å². The molecule has 1 saturated heterocycles. The normalized spacial score (nSPS) is 17.8. The molecule has 8 nitrogen and oxygen atoms in total. The molecule has 0 aromatic heterocycles. The van der Waals surface area contributed by atoms with Gasteiger partial charge in [-0.25, -0.2) is 0 Å². The van der Waals surface area contributed by atoms with Gasteiger partial charge in [0.1, 0.15) is 16.7 Å². The molecule has 1 fully saturated rings. The second kappa shape index (κ2) is 9.74. The number of rotatable bonds is 6. The van der Waals surface area contributed by atoms with E-state index in [4.69, 9.17) is 9.47 Å². The summed E-state index contributed by atoms with van der Waals surface area (Å²) in [5.41, 5.74) is 1.42. The topological polar surface area (TPSA) is 101 Å². The zero-order chi connectivity index (χ0) is 20.6. The van der Waals surface area contributed by atoms with E-state index in [1.807, 2.05) is 24.3 Å². The molecule has 1 heterocycles. The number of amidine groups is 1. The van der Waals surface area contributed by atoms with E-state index in [2.05, 4.69) is 20.8 Å². The van der Waals surface area contributed by atoms with E-state index < -0.39 is 5.25 Å². The number of carbonyl (C=O) groups excluding carboxylic acids is 2. The quantitative estimate of drug-likeness (QED) is 0.561. The molecule has 0 bridgehead atoms. The Morgan fingerprint density at radius 1 is 1.17 bits per heavy atom. The summed E-state index contributed by atoms with van der Waals surface area (Å²) in [4.78, 5) is 24.5. The largest absolute Gasteiger partial charge is 0.497 e. The molecule has 2 aromatic carbocycles. The summed E-state index contributed by atoms with van der Waals surface area (Å²) < 4.78 is 10.2. The minimum Gasteiger partial charge on any atom is -0.497 e. The minimum absolute atomic E-state index is 0.0572. The number of anilines is 1. The molecule has 1 aliphatic rings. The highest BCUT2D eigenvalue weighted by Crippen LogP contribution is 2.24.